The summed E-state index contributed by atoms with van der Waals surface area (Å²) < 4.78 is 19.7. The standard InChI is InChI=1S/C22H23N3O3S/c1-3-12-25-21(20-15-27-18-6-4-5-7-19(18)28-20)23-24-22(25)29-14-13-26-17-10-8-16(2)9-11-17/h3-11,20H,1,12-15H2,2H3/t20-/m1/s1. The maximum absolute atomic E-state index is 6.09. The van der Waals surface area contributed by atoms with Gasteiger partial charge in [0.1, 0.15) is 12.4 Å². The van der Waals surface area contributed by atoms with Crippen LogP contribution in [0, 0.1) is 6.92 Å². The Morgan fingerprint density at radius 3 is 2.76 bits per heavy atom. The smallest absolute Gasteiger partial charge is 0.192 e. The average Bonchev–Trinajstić information content (AvgIpc) is 3.15. The van der Waals surface area contributed by atoms with Gasteiger partial charge in [-0.1, -0.05) is 47.7 Å². The van der Waals surface area contributed by atoms with Gasteiger partial charge >= 0.3 is 0 Å². The van der Waals surface area contributed by atoms with Crippen LogP contribution in [0.5, 0.6) is 17.2 Å². The van der Waals surface area contributed by atoms with Gasteiger partial charge in [0.15, 0.2) is 28.6 Å². The molecule has 150 valence electrons. The summed E-state index contributed by atoms with van der Waals surface area (Å²) in [4.78, 5) is 0. The molecule has 2 heterocycles. The Kier molecular flexibility index (Phi) is 6.05. The predicted octanol–water partition coefficient (Wildman–Crippen LogP) is 4.46. The van der Waals surface area contributed by atoms with Crippen molar-refractivity contribution in [2.24, 2.45) is 0 Å². The summed E-state index contributed by atoms with van der Waals surface area (Å²) in [6, 6.07) is 15.7. The fraction of sp³-hybridized carbons (Fsp3) is 0.273. The van der Waals surface area contributed by atoms with Crippen molar-refractivity contribution in [1.82, 2.24) is 14.8 Å². The minimum atomic E-state index is -0.310. The highest BCUT2D eigenvalue weighted by molar-refractivity contribution is 7.99. The van der Waals surface area contributed by atoms with Crippen molar-refractivity contribution in [2.45, 2.75) is 24.7 Å². The van der Waals surface area contributed by atoms with E-state index in [4.69, 9.17) is 14.2 Å². The fourth-order valence-electron chi connectivity index (χ4n) is 3.02. The van der Waals surface area contributed by atoms with Gasteiger partial charge in [-0.15, -0.1) is 16.8 Å². The van der Waals surface area contributed by atoms with Crippen molar-refractivity contribution in [2.75, 3.05) is 19.0 Å². The Hall–Kier alpha value is -2.93. The molecule has 7 heteroatoms. The number of fused-ring (bicyclic) bond motifs is 1. The molecule has 1 aliphatic heterocycles. The number of nitrogens with zero attached hydrogens (tertiary/aromatic N) is 3. The molecule has 1 atom stereocenters. The van der Waals surface area contributed by atoms with Crippen molar-refractivity contribution in [3.63, 3.8) is 0 Å². The first kappa shape index (κ1) is 19.4. The lowest BCUT2D eigenvalue weighted by Gasteiger charge is -2.26. The molecule has 0 saturated heterocycles. The minimum absolute atomic E-state index is 0.310. The van der Waals surface area contributed by atoms with Gasteiger partial charge in [0.25, 0.3) is 0 Å². The van der Waals surface area contributed by atoms with Crippen molar-refractivity contribution in [3.8, 4) is 17.2 Å². The van der Waals surface area contributed by atoms with E-state index in [-0.39, 0.29) is 6.10 Å². The van der Waals surface area contributed by atoms with E-state index < -0.39 is 0 Å². The summed E-state index contributed by atoms with van der Waals surface area (Å²) in [6.07, 6.45) is 1.52. The van der Waals surface area contributed by atoms with Crippen LogP contribution in [0.1, 0.15) is 17.5 Å². The third kappa shape index (κ3) is 4.56. The molecule has 0 aliphatic carbocycles. The van der Waals surface area contributed by atoms with Crippen molar-refractivity contribution >= 4 is 11.8 Å². The lowest BCUT2D eigenvalue weighted by molar-refractivity contribution is 0.0821. The number of ether oxygens (including phenoxy) is 3. The van der Waals surface area contributed by atoms with Crippen LogP contribution >= 0.6 is 11.8 Å². The largest absolute Gasteiger partial charge is 0.493 e. The molecule has 0 saturated carbocycles. The summed E-state index contributed by atoms with van der Waals surface area (Å²) in [5, 5.41) is 9.55. The normalized spacial score (nSPS) is 15.1. The van der Waals surface area contributed by atoms with Gasteiger partial charge in [-0.05, 0) is 31.2 Å². The molecule has 29 heavy (non-hydrogen) atoms. The van der Waals surface area contributed by atoms with Gasteiger partial charge < -0.3 is 14.2 Å². The summed E-state index contributed by atoms with van der Waals surface area (Å²) in [7, 11) is 0. The number of aryl methyl sites for hydroxylation is 1. The highest BCUT2D eigenvalue weighted by atomic mass is 32.2. The van der Waals surface area contributed by atoms with Crippen LogP contribution < -0.4 is 14.2 Å². The summed E-state index contributed by atoms with van der Waals surface area (Å²) in [5.41, 5.74) is 1.22. The number of hydrogen-bond donors (Lipinski definition) is 0. The van der Waals surface area contributed by atoms with Crippen LogP contribution in [0.25, 0.3) is 0 Å². The lowest BCUT2D eigenvalue weighted by Crippen LogP contribution is -2.25. The Labute approximate surface area is 174 Å². The summed E-state index contributed by atoms with van der Waals surface area (Å²) in [6.45, 7) is 7.50. The zero-order valence-electron chi connectivity index (χ0n) is 16.3. The van der Waals surface area contributed by atoms with E-state index in [9.17, 15) is 0 Å². The third-order valence-electron chi connectivity index (χ3n) is 4.46. The van der Waals surface area contributed by atoms with Crippen LogP contribution in [-0.4, -0.2) is 33.7 Å². The molecular weight excluding hydrogens is 386 g/mol. The maximum atomic E-state index is 6.09. The Balaban J connectivity index is 1.40. The van der Waals surface area contributed by atoms with E-state index in [1.54, 1.807) is 11.8 Å². The zero-order valence-corrected chi connectivity index (χ0v) is 17.1. The van der Waals surface area contributed by atoms with E-state index >= 15 is 0 Å². The van der Waals surface area contributed by atoms with Gasteiger partial charge in [-0.2, -0.15) is 0 Å². The molecule has 0 radical (unpaired) electrons. The van der Waals surface area contributed by atoms with E-state index in [0.29, 0.717) is 19.8 Å². The van der Waals surface area contributed by atoms with Gasteiger partial charge in [0, 0.05) is 12.3 Å². The number of para-hydroxylation sites is 2. The SMILES string of the molecule is C=CCn1c(SCCOc2ccc(C)cc2)nnc1[C@H]1COc2ccccc2O1. The molecular formula is C22H23N3O3S. The van der Waals surface area contributed by atoms with E-state index in [1.807, 2.05) is 59.2 Å². The highest BCUT2D eigenvalue weighted by Crippen LogP contribution is 2.36. The third-order valence-corrected chi connectivity index (χ3v) is 5.39. The second-order valence-electron chi connectivity index (χ2n) is 6.61. The van der Waals surface area contributed by atoms with E-state index in [2.05, 4.69) is 23.7 Å². The fourth-order valence-corrected chi connectivity index (χ4v) is 3.79. The van der Waals surface area contributed by atoms with Gasteiger partial charge in [0.05, 0.1) is 6.61 Å². The highest BCUT2D eigenvalue weighted by Gasteiger charge is 2.28. The Bertz CT molecular complexity index is 972. The van der Waals surface area contributed by atoms with Crippen LogP contribution in [0.3, 0.4) is 0 Å². The Morgan fingerprint density at radius 1 is 1.17 bits per heavy atom. The van der Waals surface area contributed by atoms with Crippen LogP contribution in [0.15, 0.2) is 66.3 Å². The second-order valence-corrected chi connectivity index (χ2v) is 7.68. The van der Waals surface area contributed by atoms with Crippen LogP contribution in [-0.2, 0) is 6.54 Å². The van der Waals surface area contributed by atoms with Crippen LogP contribution in [0.2, 0.25) is 0 Å². The average molecular weight is 410 g/mol. The number of aromatic nitrogens is 3. The molecule has 2 aromatic carbocycles. The van der Waals surface area contributed by atoms with Crippen molar-refractivity contribution in [1.29, 1.82) is 0 Å². The molecule has 1 aliphatic rings. The number of thioether (sulfide) groups is 1. The van der Waals surface area contributed by atoms with Gasteiger partial charge in [-0.3, -0.25) is 4.57 Å². The van der Waals surface area contributed by atoms with Crippen molar-refractivity contribution < 1.29 is 14.2 Å². The first-order valence-corrected chi connectivity index (χ1v) is 10.5. The quantitative estimate of drug-likeness (QED) is 0.311. The Morgan fingerprint density at radius 2 is 1.97 bits per heavy atom. The van der Waals surface area contributed by atoms with E-state index in [1.165, 1.54) is 5.56 Å². The number of hydrogen-bond acceptors (Lipinski definition) is 6. The summed E-state index contributed by atoms with van der Waals surface area (Å²) >= 11 is 1.60. The molecule has 4 rings (SSSR count). The predicted molar refractivity (Wildman–Crippen MR) is 113 cm³/mol. The lowest BCUT2D eigenvalue weighted by atomic mass is 10.2. The molecule has 0 bridgehead atoms. The van der Waals surface area contributed by atoms with Crippen molar-refractivity contribution in [3.05, 3.63) is 72.6 Å². The molecule has 0 fully saturated rings. The number of rotatable bonds is 8. The second kappa shape index (κ2) is 9.05. The first-order chi connectivity index (χ1) is 14.2. The number of allylic oxidation sites excluding steroid dienone is 1. The monoisotopic (exact) mass is 409 g/mol. The number of benzene rings is 2. The molecule has 0 N–H and O–H groups in total. The summed E-state index contributed by atoms with van der Waals surface area (Å²) in [5.74, 6) is 3.84. The van der Waals surface area contributed by atoms with Gasteiger partial charge in [0.2, 0.25) is 0 Å². The van der Waals surface area contributed by atoms with Gasteiger partial charge in [-0.25, -0.2) is 0 Å². The molecule has 0 spiro atoms. The molecule has 1 aromatic heterocycles. The molecule has 0 unspecified atom stereocenters. The topological polar surface area (TPSA) is 58.4 Å². The zero-order chi connectivity index (χ0) is 20.1. The minimum Gasteiger partial charge on any atom is -0.493 e. The molecule has 3 aromatic rings. The van der Waals surface area contributed by atoms with Crippen LogP contribution in [0.4, 0.5) is 0 Å². The molecule has 6 nitrogen and oxygen atoms in total. The van der Waals surface area contributed by atoms with E-state index in [0.717, 1.165) is 34.0 Å². The maximum Gasteiger partial charge on any atom is 0.192 e. The first-order valence-electron chi connectivity index (χ1n) is 9.49. The molecule has 0 amide bonds.